The van der Waals surface area contributed by atoms with Crippen LogP contribution >= 0.6 is 0 Å². The number of nitrogens with zero attached hydrogens (tertiary/aromatic N) is 4. The number of anilines is 2. The van der Waals surface area contributed by atoms with Crippen LogP contribution in [0, 0.1) is 0 Å². The fraction of sp³-hybridized carbons (Fsp3) is 0. The number of nitrogens with one attached hydrogen (secondary N) is 2. The third kappa shape index (κ3) is 2.71. The Morgan fingerprint density at radius 2 is 1.96 bits per heavy atom. The van der Waals surface area contributed by atoms with Crippen molar-refractivity contribution in [1.29, 1.82) is 0 Å². The summed E-state index contributed by atoms with van der Waals surface area (Å²) in [4.78, 5) is 28.4. The molecule has 0 aliphatic heterocycles. The van der Waals surface area contributed by atoms with E-state index in [1.807, 2.05) is 59.3 Å². The summed E-state index contributed by atoms with van der Waals surface area (Å²) in [7, 11) is 0. The van der Waals surface area contributed by atoms with Gasteiger partial charge < -0.3 is 10.3 Å². The molecule has 0 aliphatic carbocycles. The lowest BCUT2D eigenvalue weighted by Gasteiger charge is -2.11. The molecule has 0 saturated carbocycles. The molecule has 4 heterocycles. The first-order valence-electron chi connectivity index (χ1n) is 8.41. The van der Waals surface area contributed by atoms with E-state index < -0.39 is 0 Å². The van der Waals surface area contributed by atoms with Crippen molar-refractivity contribution in [2.75, 3.05) is 5.32 Å². The zero-order valence-corrected chi connectivity index (χ0v) is 14.1. The van der Waals surface area contributed by atoms with Crippen LogP contribution in [0.2, 0.25) is 0 Å². The molecule has 2 N–H and O–H groups in total. The maximum Gasteiger partial charge on any atom is 0.259 e. The van der Waals surface area contributed by atoms with Gasteiger partial charge in [-0.25, -0.2) is 15.0 Å². The lowest BCUT2D eigenvalue weighted by Crippen LogP contribution is -2.09. The zero-order chi connectivity index (χ0) is 18.2. The highest BCUT2D eigenvalue weighted by Gasteiger charge is 2.12. The van der Waals surface area contributed by atoms with E-state index in [4.69, 9.17) is 4.98 Å². The summed E-state index contributed by atoms with van der Waals surface area (Å²) in [5.41, 5.74) is 2.22. The van der Waals surface area contributed by atoms with E-state index in [2.05, 4.69) is 20.3 Å². The van der Waals surface area contributed by atoms with Gasteiger partial charge in [-0.2, -0.15) is 0 Å². The highest BCUT2D eigenvalue weighted by molar-refractivity contribution is 5.95. The smallest absolute Gasteiger partial charge is 0.259 e. The van der Waals surface area contributed by atoms with Crippen molar-refractivity contribution >= 4 is 28.1 Å². The number of H-pyrrole nitrogens is 1. The van der Waals surface area contributed by atoms with Crippen LogP contribution in [-0.2, 0) is 0 Å². The second-order valence-corrected chi connectivity index (χ2v) is 6.10. The van der Waals surface area contributed by atoms with Crippen molar-refractivity contribution in [2.24, 2.45) is 0 Å². The number of pyridine rings is 2. The van der Waals surface area contributed by atoms with Crippen molar-refractivity contribution in [3.8, 4) is 11.3 Å². The highest BCUT2D eigenvalue weighted by atomic mass is 16.1. The largest absolute Gasteiger partial charge is 0.340 e. The van der Waals surface area contributed by atoms with Crippen molar-refractivity contribution in [2.45, 2.75) is 0 Å². The van der Waals surface area contributed by atoms with Gasteiger partial charge >= 0.3 is 0 Å². The van der Waals surface area contributed by atoms with Gasteiger partial charge in [-0.1, -0.05) is 18.2 Å². The Morgan fingerprint density at radius 3 is 2.85 bits per heavy atom. The number of imidazole rings is 1. The van der Waals surface area contributed by atoms with Gasteiger partial charge in [-0.15, -0.1) is 0 Å². The van der Waals surface area contributed by atoms with Gasteiger partial charge in [-0.3, -0.25) is 9.20 Å². The zero-order valence-electron chi connectivity index (χ0n) is 14.1. The number of aromatic amines is 1. The normalized spacial score (nSPS) is 11.1. The summed E-state index contributed by atoms with van der Waals surface area (Å²) in [6.45, 7) is 0. The van der Waals surface area contributed by atoms with Gasteiger partial charge in [0.05, 0.1) is 11.1 Å². The van der Waals surface area contributed by atoms with Crippen molar-refractivity contribution in [3.05, 3.63) is 83.8 Å². The number of para-hydroxylation sites is 1. The van der Waals surface area contributed by atoms with Crippen molar-refractivity contribution in [3.63, 3.8) is 0 Å². The minimum absolute atomic E-state index is 0.187. The molecule has 0 amide bonds. The molecule has 0 fully saturated rings. The minimum Gasteiger partial charge on any atom is -0.340 e. The van der Waals surface area contributed by atoms with Crippen LogP contribution in [0.5, 0.6) is 0 Å². The second-order valence-electron chi connectivity index (χ2n) is 6.10. The Kier molecular flexibility index (Phi) is 3.43. The molecule has 130 valence electrons. The monoisotopic (exact) mass is 354 g/mol. The molecule has 0 atom stereocenters. The molecule has 0 aliphatic rings. The van der Waals surface area contributed by atoms with Crippen LogP contribution in [0.15, 0.2) is 78.2 Å². The summed E-state index contributed by atoms with van der Waals surface area (Å²) in [5, 5.41) is 4.57. The quantitative estimate of drug-likeness (QED) is 0.519. The van der Waals surface area contributed by atoms with E-state index in [1.54, 1.807) is 18.6 Å². The standard InChI is InChI=1S/C20H14N6O/c27-19-17-13(6-7-21-19)10-16(14-11-23-20-22-8-9-26(20)12-14)25-18(17)24-15-4-2-1-3-5-15/h1-12H,(H,21,27)(H,24,25). The molecule has 5 aromatic rings. The molecule has 1 aromatic carbocycles. The van der Waals surface area contributed by atoms with Crippen LogP contribution in [0.3, 0.4) is 0 Å². The fourth-order valence-electron chi connectivity index (χ4n) is 3.06. The summed E-state index contributed by atoms with van der Waals surface area (Å²) in [6.07, 6.45) is 8.82. The van der Waals surface area contributed by atoms with Crippen LogP contribution in [0.1, 0.15) is 0 Å². The Labute approximate surface area is 153 Å². The molecule has 7 heteroatoms. The van der Waals surface area contributed by atoms with Crippen molar-refractivity contribution < 1.29 is 0 Å². The van der Waals surface area contributed by atoms with Gasteiger partial charge in [0, 0.05) is 42.2 Å². The Balaban J connectivity index is 1.72. The first-order chi connectivity index (χ1) is 13.3. The van der Waals surface area contributed by atoms with Gasteiger partial charge in [0.1, 0.15) is 5.82 Å². The maximum atomic E-state index is 12.4. The molecule has 0 bridgehead atoms. The first-order valence-corrected chi connectivity index (χ1v) is 8.41. The Hall–Kier alpha value is -4.00. The third-order valence-electron chi connectivity index (χ3n) is 4.33. The van der Waals surface area contributed by atoms with E-state index in [0.29, 0.717) is 17.0 Å². The van der Waals surface area contributed by atoms with Crippen LogP contribution in [-0.4, -0.2) is 24.3 Å². The number of hydrogen-bond donors (Lipinski definition) is 2. The van der Waals surface area contributed by atoms with Gasteiger partial charge in [0.2, 0.25) is 5.78 Å². The van der Waals surface area contributed by atoms with Gasteiger partial charge in [-0.05, 0) is 29.7 Å². The lowest BCUT2D eigenvalue weighted by atomic mass is 10.1. The van der Waals surface area contributed by atoms with E-state index in [0.717, 1.165) is 22.3 Å². The number of benzene rings is 1. The van der Waals surface area contributed by atoms with E-state index >= 15 is 0 Å². The topological polar surface area (TPSA) is 88.0 Å². The number of fused-ring (bicyclic) bond motifs is 2. The molecule has 4 aromatic heterocycles. The third-order valence-corrected chi connectivity index (χ3v) is 4.33. The predicted molar refractivity (Wildman–Crippen MR) is 104 cm³/mol. The van der Waals surface area contributed by atoms with Crippen LogP contribution < -0.4 is 10.9 Å². The number of hydrogen-bond acceptors (Lipinski definition) is 5. The summed E-state index contributed by atoms with van der Waals surface area (Å²) >= 11 is 0. The predicted octanol–water partition coefficient (Wildman–Crippen LogP) is 3.38. The lowest BCUT2D eigenvalue weighted by molar-refractivity contribution is 1.11. The van der Waals surface area contributed by atoms with E-state index in [1.165, 1.54) is 0 Å². The summed E-state index contributed by atoms with van der Waals surface area (Å²) in [5.74, 6) is 1.12. The Morgan fingerprint density at radius 1 is 1.07 bits per heavy atom. The maximum absolute atomic E-state index is 12.4. The highest BCUT2D eigenvalue weighted by Crippen LogP contribution is 2.27. The molecular weight excluding hydrogens is 340 g/mol. The average molecular weight is 354 g/mol. The molecule has 5 rings (SSSR count). The fourth-order valence-corrected chi connectivity index (χ4v) is 3.06. The van der Waals surface area contributed by atoms with E-state index in [-0.39, 0.29) is 5.56 Å². The van der Waals surface area contributed by atoms with Crippen LogP contribution in [0.4, 0.5) is 11.5 Å². The van der Waals surface area contributed by atoms with Crippen LogP contribution in [0.25, 0.3) is 27.8 Å². The summed E-state index contributed by atoms with van der Waals surface area (Å²) < 4.78 is 1.84. The molecule has 0 spiro atoms. The molecular formula is C20H14N6O. The average Bonchev–Trinajstić information content (AvgIpc) is 3.16. The van der Waals surface area contributed by atoms with E-state index in [9.17, 15) is 4.79 Å². The van der Waals surface area contributed by atoms with Gasteiger partial charge in [0.15, 0.2) is 0 Å². The second kappa shape index (κ2) is 6.06. The molecule has 0 unspecified atom stereocenters. The molecule has 7 nitrogen and oxygen atoms in total. The minimum atomic E-state index is -0.187. The molecule has 27 heavy (non-hydrogen) atoms. The number of aromatic nitrogens is 5. The first kappa shape index (κ1) is 15.3. The number of rotatable bonds is 3. The van der Waals surface area contributed by atoms with Crippen molar-refractivity contribution in [1.82, 2.24) is 24.3 Å². The van der Waals surface area contributed by atoms with Gasteiger partial charge in [0.25, 0.3) is 5.56 Å². The molecule has 0 saturated heterocycles. The summed E-state index contributed by atoms with van der Waals surface area (Å²) in [6, 6.07) is 13.4. The SMILES string of the molecule is O=c1[nH]ccc2cc(-c3cnc4nccn4c3)nc(Nc3ccccc3)c12. The Bertz CT molecular complexity index is 1320. The molecule has 0 radical (unpaired) electrons.